The van der Waals surface area contributed by atoms with Crippen LogP contribution in [0.2, 0.25) is 5.02 Å². The molecule has 2 rings (SSSR count). The van der Waals surface area contributed by atoms with Crippen molar-refractivity contribution in [3.63, 3.8) is 0 Å². The van der Waals surface area contributed by atoms with Crippen molar-refractivity contribution in [2.75, 3.05) is 11.9 Å². The van der Waals surface area contributed by atoms with Crippen LogP contribution in [0.3, 0.4) is 0 Å². The summed E-state index contributed by atoms with van der Waals surface area (Å²) in [6.45, 7) is 6.22. The molecule has 1 aromatic carbocycles. The number of benzene rings is 1. The Hall–Kier alpha value is -1.55. The molecule has 0 heterocycles. The fraction of sp³-hybridized carbons (Fsp3) is 0.500. The highest BCUT2D eigenvalue weighted by Crippen LogP contribution is 2.28. The summed E-state index contributed by atoms with van der Waals surface area (Å²) in [5.74, 6) is 0.364. The van der Waals surface area contributed by atoms with Crippen molar-refractivity contribution < 1.29 is 9.59 Å². The summed E-state index contributed by atoms with van der Waals surface area (Å²) in [5.41, 5.74) is 0.553. The molecule has 4 nitrogen and oxygen atoms in total. The van der Waals surface area contributed by atoms with Crippen molar-refractivity contribution in [2.45, 2.75) is 33.6 Å². The van der Waals surface area contributed by atoms with Crippen LogP contribution in [-0.2, 0) is 4.79 Å². The smallest absolute Gasteiger partial charge is 0.252 e. The minimum Gasteiger partial charge on any atom is -0.352 e. The van der Waals surface area contributed by atoms with Crippen molar-refractivity contribution >= 4 is 29.1 Å². The third kappa shape index (κ3) is 4.46. The number of rotatable bonds is 4. The first-order valence-corrected chi connectivity index (χ1v) is 7.54. The fourth-order valence-corrected chi connectivity index (χ4v) is 2.02. The minimum atomic E-state index is -0.479. The summed E-state index contributed by atoms with van der Waals surface area (Å²) in [4.78, 5) is 23.9. The summed E-state index contributed by atoms with van der Waals surface area (Å²) in [5, 5.41) is 6.01. The third-order valence-electron chi connectivity index (χ3n) is 3.40. The lowest BCUT2D eigenvalue weighted by atomic mass is 9.95. The molecule has 0 aromatic heterocycles. The number of nitrogens with one attached hydrogen (secondary N) is 2. The van der Waals surface area contributed by atoms with E-state index in [4.69, 9.17) is 11.6 Å². The van der Waals surface area contributed by atoms with Crippen molar-refractivity contribution in [1.29, 1.82) is 0 Å². The molecule has 0 saturated heterocycles. The predicted octanol–water partition coefficient (Wildman–Crippen LogP) is 3.46. The molecule has 0 atom stereocenters. The molecule has 2 amide bonds. The Bertz CT molecular complexity index is 560. The van der Waals surface area contributed by atoms with Gasteiger partial charge in [-0.3, -0.25) is 9.59 Å². The van der Waals surface area contributed by atoms with Crippen LogP contribution in [0, 0.1) is 11.3 Å². The van der Waals surface area contributed by atoms with Crippen LogP contribution in [0.1, 0.15) is 44.0 Å². The second kappa shape index (κ2) is 6.06. The second-order valence-corrected chi connectivity index (χ2v) is 6.96. The van der Waals surface area contributed by atoms with Gasteiger partial charge in [0.25, 0.3) is 5.91 Å². The number of anilines is 1. The Balaban J connectivity index is 2.02. The zero-order valence-corrected chi connectivity index (χ0v) is 13.4. The highest BCUT2D eigenvalue weighted by atomic mass is 35.5. The normalized spacial score (nSPS) is 14.7. The third-order valence-corrected chi connectivity index (χ3v) is 3.71. The van der Waals surface area contributed by atoms with Gasteiger partial charge in [-0.25, -0.2) is 0 Å². The molecule has 5 heteroatoms. The standard InChI is InChI=1S/C16H21ClN2O2/c1-16(2,3)15(21)19-11-6-7-12(13(17)8-11)14(20)18-9-10-4-5-10/h6-8,10H,4-5,9H2,1-3H3,(H,18,20)(H,19,21). The van der Waals surface area contributed by atoms with E-state index >= 15 is 0 Å². The van der Waals surface area contributed by atoms with Gasteiger partial charge in [-0.1, -0.05) is 32.4 Å². The number of hydrogen-bond donors (Lipinski definition) is 2. The van der Waals surface area contributed by atoms with Crippen LogP contribution in [0.4, 0.5) is 5.69 Å². The topological polar surface area (TPSA) is 58.2 Å². The first kappa shape index (κ1) is 15.8. The van der Waals surface area contributed by atoms with Crippen molar-refractivity contribution in [3.05, 3.63) is 28.8 Å². The van der Waals surface area contributed by atoms with E-state index in [1.165, 1.54) is 12.8 Å². The van der Waals surface area contributed by atoms with Gasteiger partial charge in [-0.05, 0) is 37.0 Å². The van der Waals surface area contributed by atoms with E-state index in [9.17, 15) is 9.59 Å². The highest BCUT2D eigenvalue weighted by Gasteiger charge is 2.23. The second-order valence-electron chi connectivity index (χ2n) is 6.55. The van der Waals surface area contributed by atoms with Gasteiger partial charge in [0.2, 0.25) is 5.91 Å². The Morgan fingerprint density at radius 1 is 1.29 bits per heavy atom. The van der Waals surface area contributed by atoms with Gasteiger partial charge in [0.15, 0.2) is 0 Å². The predicted molar refractivity (Wildman–Crippen MR) is 84.6 cm³/mol. The fourth-order valence-electron chi connectivity index (χ4n) is 1.75. The number of halogens is 1. The summed E-state index contributed by atoms with van der Waals surface area (Å²) >= 11 is 6.14. The molecular formula is C16H21ClN2O2. The SMILES string of the molecule is CC(C)(C)C(=O)Nc1ccc(C(=O)NCC2CC2)c(Cl)c1. The van der Waals surface area contributed by atoms with E-state index in [-0.39, 0.29) is 11.8 Å². The van der Waals surface area contributed by atoms with E-state index < -0.39 is 5.41 Å². The molecule has 2 N–H and O–H groups in total. The van der Waals surface area contributed by atoms with Gasteiger partial charge >= 0.3 is 0 Å². The molecule has 114 valence electrons. The maximum absolute atomic E-state index is 12.0. The molecule has 1 fully saturated rings. The van der Waals surface area contributed by atoms with Crippen LogP contribution < -0.4 is 10.6 Å². The van der Waals surface area contributed by atoms with Crippen LogP contribution in [-0.4, -0.2) is 18.4 Å². The number of carbonyl (C=O) groups excluding carboxylic acids is 2. The Morgan fingerprint density at radius 2 is 1.95 bits per heavy atom. The van der Waals surface area contributed by atoms with E-state index in [2.05, 4.69) is 10.6 Å². The monoisotopic (exact) mass is 308 g/mol. The first-order valence-electron chi connectivity index (χ1n) is 7.16. The van der Waals surface area contributed by atoms with E-state index in [1.54, 1.807) is 18.2 Å². The van der Waals surface area contributed by atoms with Gasteiger partial charge in [-0.15, -0.1) is 0 Å². The Labute approximate surface area is 130 Å². The summed E-state index contributed by atoms with van der Waals surface area (Å²) < 4.78 is 0. The molecule has 1 aliphatic carbocycles. The lowest BCUT2D eigenvalue weighted by Crippen LogP contribution is -2.28. The maximum atomic E-state index is 12.0. The lowest BCUT2D eigenvalue weighted by Gasteiger charge is -2.18. The van der Waals surface area contributed by atoms with Gasteiger partial charge < -0.3 is 10.6 Å². The molecular weight excluding hydrogens is 288 g/mol. The molecule has 0 aliphatic heterocycles. The number of amides is 2. The van der Waals surface area contributed by atoms with Gasteiger partial charge in [0, 0.05) is 17.6 Å². The molecule has 1 aromatic rings. The summed E-state index contributed by atoms with van der Waals surface area (Å²) in [6, 6.07) is 4.95. The summed E-state index contributed by atoms with van der Waals surface area (Å²) in [7, 11) is 0. The molecule has 0 spiro atoms. The molecule has 1 aliphatic rings. The Morgan fingerprint density at radius 3 is 2.48 bits per heavy atom. The van der Waals surface area contributed by atoms with E-state index in [1.807, 2.05) is 20.8 Å². The van der Waals surface area contributed by atoms with Crippen LogP contribution in [0.5, 0.6) is 0 Å². The molecule has 0 unspecified atom stereocenters. The zero-order chi connectivity index (χ0) is 15.6. The quantitative estimate of drug-likeness (QED) is 0.895. The first-order chi connectivity index (χ1) is 9.77. The van der Waals surface area contributed by atoms with Gasteiger partial charge in [0.1, 0.15) is 0 Å². The average Bonchev–Trinajstić information content (AvgIpc) is 3.19. The van der Waals surface area contributed by atoms with Crippen LogP contribution in [0.15, 0.2) is 18.2 Å². The molecule has 0 radical (unpaired) electrons. The van der Waals surface area contributed by atoms with E-state index in [0.29, 0.717) is 28.7 Å². The maximum Gasteiger partial charge on any atom is 0.252 e. The molecule has 1 saturated carbocycles. The van der Waals surface area contributed by atoms with Gasteiger partial charge in [0.05, 0.1) is 10.6 Å². The average molecular weight is 309 g/mol. The van der Waals surface area contributed by atoms with E-state index in [0.717, 1.165) is 0 Å². The van der Waals surface area contributed by atoms with Crippen molar-refractivity contribution in [1.82, 2.24) is 5.32 Å². The van der Waals surface area contributed by atoms with Crippen molar-refractivity contribution in [2.24, 2.45) is 11.3 Å². The molecule has 0 bridgehead atoms. The molecule has 21 heavy (non-hydrogen) atoms. The van der Waals surface area contributed by atoms with Gasteiger partial charge in [-0.2, -0.15) is 0 Å². The number of hydrogen-bond acceptors (Lipinski definition) is 2. The minimum absolute atomic E-state index is 0.0931. The Kier molecular flexibility index (Phi) is 4.57. The lowest BCUT2D eigenvalue weighted by molar-refractivity contribution is -0.123. The zero-order valence-electron chi connectivity index (χ0n) is 12.6. The number of carbonyl (C=O) groups is 2. The summed E-state index contributed by atoms with van der Waals surface area (Å²) in [6.07, 6.45) is 2.37. The van der Waals surface area contributed by atoms with Crippen LogP contribution in [0.25, 0.3) is 0 Å². The van der Waals surface area contributed by atoms with Crippen LogP contribution >= 0.6 is 11.6 Å². The highest BCUT2D eigenvalue weighted by molar-refractivity contribution is 6.34. The largest absolute Gasteiger partial charge is 0.352 e. The van der Waals surface area contributed by atoms with Crippen molar-refractivity contribution in [3.8, 4) is 0 Å².